The Morgan fingerprint density at radius 1 is 1.22 bits per heavy atom. The molecule has 170 valence electrons. The second-order valence-corrected chi connectivity index (χ2v) is 8.58. The molecule has 3 aromatic rings. The van der Waals surface area contributed by atoms with Crippen LogP contribution in [-0.4, -0.2) is 36.3 Å². The van der Waals surface area contributed by atoms with Crippen LogP contribution in [0.5, 0.6) is 5.75 Å². The molecule has 8 nitrogen and oxygen atoms in total. The molecule has 2 N–H and O–H groups in total. The van der Waals surface area contributed by atoms with Crippen molar-refractivity contribution in [3.05, 3.63) is 68.8 Å². The minimum Gasteiger partial charge on any atom is -0.422 e. The summed E-state index contributed by atoms with van der Waals surface area (Å²) in [7, 11) is 4.65. The number of hydrogen-bond donors (Lipinski definition) is 2. The number of carbonyl (C=O) groups is 1. The lowest BCUT2D eigenvalue weighted by Gasteiger charge is -2.14. The second kappa shape index (κ2) is 9.49. The van der Waals surface area contributed by atoms with Gasteiger partial charge in [-0.25, -0.2) is 22.9 Å². The first-order valence-corrected chi connectivity index (χ1v) is 10.9. The van der Waals surface area contributed by atoms with Gasteiger partial charge in [0.15, 0.2) is 11.2 Å². The van der Waals surface area contributed by atoms with Gasteiger partial charge in [0.1, 0.15) is 17.1 Å². The van der Waals surface area contributed by atoms with Gasteiger partial charge in [0.2, 0.25) is 0 Å². The van der Waals surface area contributed by atoms with Gasteiger partial charge in [0.05, 0.1) is 0 Å². The Morgan fingerprint density at radius 2 is 1.94 bits per heavy atom. The summed E-state index contributed by atoms with van der Waals surface area (Å²) in [5.41, 5.74) is 1.99. The number of rotatable bonds is 6. The molecule has 10 heteroatoms. The van der Waals surface area contributed by atoms with Crippen LogP contribution in [0.2, 0.25) is 0 Å². The van der Waals surface area contributed by atoms with Gasteiger partial charge in [0.25, 0.3) is 0 Å². The molecular weight excluding hydrogens is 437 g/mol. The average molecular weight is 462 g/mol. The fourth-order valence-electron chi connectivity index (χ4n) is 3.15. The van der Waals surface area contributed by atoms with Gasteiger partial charge in [0, 0.05) is 43.2 Å². The number of anilines is 1. The molecule has 0 aliphatic heterocycles. The highest BCUT2D eigenvalue weighted by Crippen LogP contribution is 2.29. The molecule has 0 saturated heterocycles. The van der Waals surface area contributed by atoms with Crippen molar-refractivity contribution in [2.75, 3.05) is 25.9 Å². The van der Waals surface area contributed by atoms with Gasteiger partial charge in [-0.1, -0.05) is 0 Å². The Labute approximate surface area is 187 Å². The smallest absolute Gasteiger partial charge is 0.414 e. The summed E-state index contributed by atoms with van der Waals surface area (Å²) < 4.78 is 42.1. The fraction of sp³-hybridized carbons (Fsp3) is 0.273. The summed E-state index contributed by atoms with van der Waals surface area (Å²) in [6.07, 6.45) is -0.556. The molecule has 0 spiro atoms. The molecule has 0 aliphatic rings. The molecule has 0 radical (unpaired) electrons. The highest BCUT2D eigenvalue weighted by molar-refractivity contribution is 7.84. The van der Waals surface area contributed by atoms with E-state index in [0.29, 0.717) is 27.8 Å². The van der Waals surface area contributed by atoms with Crippen molar-refractivity contribution in [3.63, 3.8) is 0 Å². The third kappa shape index (κ3) is 4.97. The quantitative estimate of drug-likeness (QED) is 0.548. The monoisotopic (exact) mass is 461 g/mol. The minimum atomic E-state index is -1.52. The van der Waals surface area contributed by atoms with Gasteiger partial charge in [-0.05, 0) is 61.9 Å². The van der Waals surface area contributed by atoms with E-state index in [1.54, 1.807) is 34.0 Å². The van der Waals surface area contributed by atoms with Crippen molar-refractivity contribution in [2.24, 2.45) is 0 Å². The van der Waals surface area contributed by atoms with Gasteiger partial charge < -0.3 is 14.1 Å². The average Bonchev–Trinajstić information content (AvgIpc) is 2.74. The first kappa shape index (κ1) is 23.4. The molecule has 1 unspecified atom stereocenters. The summed E-state index contributed by atoms with van der Waals surface area (Å²) in [6, 6.07) is 7.48. The summed E-state index contributed by atoms with van der Waals surface area (Å²) in [6.45, 7) is 3.54. The first-order chi connectivity index (χ1) is 15.1. The van der Waals surface area contributed by atoms with E-state index in [0.717, 1.165) is 0 Å². The molecular formula is C22H24FN3O5S. The van der Waals surface area contributed by atoms with Crippen molar-refractivity contribution in [2.45, 2.75) is 20.3 Å². The number of nitrogens with one attached hydrogen (secondary N) is 2. The zero-order chi connectivity index (χ0) is 23.6. The number of benzene rings is 2. The number of amides is 1. The maximum atomic E-state index is 14.5. The van der Waals surface area contributed by atoms with Crippen LogP contribution < -0.4 is 19.8 Å². The van der Waals surface area contributed by atoms with Crippen LogP contribution in [0.15, 0.2) is 39.5 Å². The number of carbonyl (C=O) groups excluding carboxylic acids is 1. The van der Waals surface area contributed by atoms with E-state index in [4.69, 9.17) is 9.15 Å². The van der Waals surface area contributed by atoms with E-state index in [1.165, 1.54) is 36.2 Å². The number of fused-ring (bicyclic) bond motifs is 1. The molecule has 1 atom stereocenters. The van der Waals surface area contributed by atoms with Crippen LogP contribution in [0.4, 0.5) is 14.9 Å². The normalized spacial score (nSPS) is 11.9. The highest BCUT2D eigenvalue weighted by atomic mass is 32.2. The maximum Gasteiger partial charge on any atom is 0.414 e. The number of halogens is 1. The highest BCUT2D eigenvalue weighted by Gasteiger charge is 2.17. The topological polar surface area (TPSA) is 101 Å². The van der Waals surface area contributed by atoms with Crippen molar-refractivity contribution in [1.29, 1.82) is 0 Å². The Kier molecular flexibility index (Phi) is 6.95. The Morgan fingerprint density at radius 3 is 2.59 bits per heavy atom. The molecule has 2 aromatic carbocycles. The minimum absolute atomic E-state index is 0.00589. The van der Waals surface area contributed by atoms with E-state index in [-0.39, 0.29) is 23.3 Å². The third-order valence-electron chi connectivity index (χ3n) is 4.95. The fourth-order valence-corrected chi connectivity index (χ4v) is 3.59. The number of aryl methyl sites for hydroxylation is 2. The predicted octanol–water partition coefficient (Wildman–Crippen LogP) is 3.41. The van der Waals surface area contributed by atoms with E-state index in [2.05, 4.69) is 9.44 Å². The molecule has 0 aliphatic carbocycles. The lowest BCUT2D eigenvalue weighted by Crippen LogP contribution is -2.25. The summed E-state index contributed by atoms with van der Waals surface area (Å²) in [5.74, 6) is -0.208. The van der Waals surface area contributed by atoms with Crippen LogP contribution in [0, 0.1) is 19.7 Å². The van der Waals surface area contributed by atoms with E-state index < -0.39 is 28.7 Å². The van der Waals surface area contributed by atoms with Crippen LogP contribution in [0.3, 0.4) is 0 Å². The van der Waals surface area contributed by atoms with E-state index >= 15 is 0 Å². The summed E-state index contributed by atoms with van der Waals surface area (Å²) >= 11 is -1.52. The molecule has 1 heterocycles. The Balaban J connectivity index is 2.02. The number of hydrogen-bond acceptors (Lipinski definition) is 5. The zero-order valence-corrected chi connectivity index (χ0v) is 19.2. The van der Waals surface area contributed by atoms with Crippen LogP contribution in [0.25, 0.3) is 11.0 Å². The van der Waals surface area contributed by atoms with Crippen LogP contribution in [-0.2, 0) is 17.6 Å². The van der Waals surface area contributed by atoms with Crippen molar-refractivity contribution in [1.82, 2.24) is 9.62 Å². The molecule has 0 saturated carbocycles. The number of ether oxygens (including phenoxy) is 1. The summed E-state index contributed by atoms with van der Waals surface area (Å²) in [4.78, 5) is 25.9. The van der Waals surface area contributed by atoms with Crippen molar-refractivity contribution >= 4 is 33.9 Å². The molecule has 0 fully saturated rings. The SMILES string of the molecule is CNS(=O)Nc1ccc(F)c(Cc2c(C)c3cc(C)c(OC(=O)N(C)C)cc3oc2=O)c1. The summed E-state index contributed by atoms with van der Waals surface area (Å²) in [5, 5.41) is 0.660. The second-order valence-electron chi connectivity index (χ2n) is 7.43. The Bertz CT molecular complexity index is 1270. The lowest BCUT2D eigenvalue weighted by atomic mass is 9.98. The molecule has 1 aromatic heterocycles. The largest absolute Gasteiger partial charge is 0.422 e. The van der Waals surface area contributed by atoms with Gasteiger partial charge >= 0.3 is 11.7 Å². The van der Waals surface area contributed by atoms with Gasteiger partial charge in [-0.3, -0.25) is 4.72 Å². The molecule has 32 heavy (non-hydrogen) atoms. The standard InChI is InChI=1S/C22H24FN3O5S/c1-12-8-16-13(2)17(10-14-9-15(6-7-18(14)23)25-32(29)24-3)21(27)30-20(16)11-19(12)31-22(28)26(4)5/h6-9,11,24-25H,10H2,1-5H3. The Hall–Kier alpha value is -3.24. The van der Waals surface area contributed by atoms with Crippen molar-refractivity contribution in [3.8, 4) is 5.75 Å². The van der Waals surface area contributed by atoms with Gasteiger partial charge in [-0.15, -0.1) is 0 Å². The van der Waals surface area contributed by atoms with Gasteiger partial charge in [-0.2, -0.15) is 0 Å². The molecule has 1 amide bonds. The first-order valence-electron chi connectivity index (χ1n) is 9.71. The molecule has 3 rings (SSSR count). The van der Waals surface area contributed by atoms with Crippen LogP contribution >= 0.6 is 0 Å². The molecule has 0 bridgehead atoms. The predicted molar refractivity (Wildman–Crippen MR) is 122 cm³/mol. The van der Waals surface area contributed by atoms with Crippen LogP contribution in [0.1, 0.15) is 22.3 Å². The van der Waals surface area contributed by atoms with Crippen molar-refractivity contribution < 1.29 is 22.5 Å². The number of nitrogens with zero attached hydrogens (tertiary/aromatic N) is 1. The van der Waals surface area contributed by atoms with E-state index in [1.807, 2.05) is 0 Å². The lowest BCUT2D eigenvalue weighted by molar-refractivity contribution is 0.171. The maximum absolute atomic E-state index is 14.5. The third-order valence-corrected chi connectivity index (χ3v) is 5.75. The zero-order valence-electron chi connectivity index (χ0n) is 18.4. The van der Waals surface area contributed by atoms with E-state index in [9.17, 15) is 18.2 Å².